The van der Waals surface area contributed by atoms with E-state index >= 15 is 0 Å². The number of rotatable bonds is 13. The molecule has 3 heterocycles. The number of likely N-dealkylation sites (N-methyl/N-ethyl adjacent to an activating group) is 1. The predicted octanol–water partition coefficient (Wildman–Crippen LogP) is 2.91. The van der Waals surface area contributed by atoms with Gasteiger partial charge in [0.1, 0.15) is 29.0 Å². The van der Waals surface area contributed by atoms with Crippen LogP contribution in [0.15, 0.2) is 0 Å². The Labute approximate surface area is 355 Å². The topological polar surface area (TPSA) is 192 Å². The molecule has 3 aliphatic rings. The molecule has 348 valence electrons. The van der Waals surface area contributed by atoms with Crippen LogP contribution in [0.4, 0.5) is 0 Å². The van der Waals surface area contributed by atoms with E-state index in [-0.39, 0.29) is 56.6 Å². The molecule has 3 saturated heterocycles. The summed E-state index contributed by atoms with van der Waals surface area (Å²) in [6.07, 6.45) is -5.24. The number of nitrogens with zero attached hydrogens (tertiary/aromatic N) is 2. The van der Waals surface area contributed by atoms with Gasteiger partial charge in [-0.15, -0.1) is 0 Å². The van der Waals surface area contributed by atoms with E-state index < -0.39 is 89.2 Å². The van der Waals surface area contributed by atoms with Crippen molar-refractivity contribution in [3.63, 3.8) is 0 Å². The highest BCUT2D eigenvalue weighted by atomic mass is 16.7. The quantitative estimate of drug-likeness (QED) is 0.117. The van der Waals surface area contributed by atoms with Crippen molar-refractivity contribution in [3.05, 3.63) is 0 Å². The molecule has 0 aromatic heterocycles. The summed E-state index contributed by atoms with van der Waals surface area (Å²) in [5, 5.41) is 60.0. The van der Waals surface area contributed by atoms with Crippen molar-refractivity contribution in [2.45, 2.75) is 199 Å². The second-order valence-corrected chi connectivity index (χ2v) is 19.6. The molecular weight excluding hydrogens is 762 g/mol. The zero-order valence-corrected chi connectivity index (χ0v) is 39.1. The highest BCUT2D eigenvalue weighted by Gasteiger charge is 2.58. The first-order valence-corrected chi connectivity index (χ1v) is 22.3. The number of hydrogen-bond acceptors (Lipinski definition) is 15. The summed E-state index contributed by atoms with van der Waals surface area (Å²) in [6, 6.07) is -0.220. The number of carbonyl (C=O) groups is 1. The molecule has 59 heavy (non-hydrogen) atoms. The Morgan fingerprint density at radius 1 is 0.966 bits per heavy atom. The smallest absolute Gasteiger partial charge is 0.311 e. The summed E-state index contributed by atoms with van der Waals surface area (Å²) in [6.45, 7) is 24.5. The monoisotopic (exact) mass is 848 g/mol. The molecule has 0 unspecified atom stereocenters. The van der Waals surface area contributed by atoms with Gasteiger partial charge in [-0.25, -0.2) is 0 Å². The lowest BCUT2D eigenvalue weighted by Gasteiger charge is -2.54. The van der Waals surface area contributed by atoms with Crippen molar-refractivity contribution in [2.75, 3.05) is 54.0 Å². The van der Waals surface area contributed by atoms with Crippen LogP contribution in [0.25, 0.3) is 0 Å². The number of hydrogen-bond donors (Lipinski definition) is 6. The van der Waals surface area contributed by atoms with Gasteiger partial charge >= 0.3 is 5.97 Å². The summed E-state index contributed by atoms with van der Waals surface area (Å²) in [4.78, 5) is 18.8. The van der Waals surface area contributed by atoms with Crippen LogP contribution in [0, 0.1) is 23.2 Å². The molecule has 0 radical (unpaired) electrons. The van der Waals surface area contributed by atoms with Gasteiger partial charge in [0.2, 0.25) is 0 Å². The van der Waals surface area contributed by atoms with Crippen molar-refractivity contribution < 1.29 is 58.7 Å². The van der Waals surface area contributed by atoms with Gasteiger partial charge in [0.15, 0.2) is 12.6 Å². The van der Waals surface area contributed by atoms with Gasteiger partial charge in [-0.3, -0.25) is 4.79 Å². The normalized spacial score (nSPS) is 44.8. The standard InChI is InChI=1S/C44H85N3O12/c1-16-19-47-24-26(3)37(50)43(12,52)33(17-2)57-39(51)30(7)36(58-34-23-42(11,54-15)44(53,31(8)56-34)25-45-18-20-48)29(6)38(41(9,10)22-27(47)4)59-40-35(49)32(46(13)14)21-28(5)55-40/h26-38,40,45,48-50,52-53H,16-25H2,1-15H3/t26-,27+,28+,29-,30+,31-,32-,33+,34+,35+,36+,37+,38+,40-,42-,43+,44+/m0/s1. The zero-order valence-electron chi connectivity index (χ0n) is 39.1. The first kappa shape index (κ1) is 52.3. The molecule has 0 aromatic carbocycles. The molecule has 0 aliphatic carbocycles. The summed E-state index contributed by atoms with van der Waals surface area (Å²) in [5.74, 6) is -2.50. The van der Waals surface area contributed by atoms with Crippen LogP contribution in [0.3, 0.4) is 0 Å². The number of aliphatic hydroxyl groups is 5. The maximum atomic E-state index is 14.5. The molecule has 0 saturated carbocycles. The highest BCUT2D eigenvalue weighted by molar-refractivity contribution is 5.73. The molecular formula is C44H85N3O12. The third kappa shape index (κ3) is 12.0. The third-order valence-corrected chi connectivity index (χ3v) is 14.0. The number of aliphatic hydroxyl groups excluding tert-OH is 3. The van der Waals surface area contributed by atoms with E-state index in [1.54, 1.807) is 20.8 Å². The minimum atomic E-state index is -1.76. The molecule has 15 nitrogen and oxygen atoms in total. The molecule has 0 amide bonds. The maximum Gasteiger partial charge on any atom is 0.311 e. The lowest BCUT2D eigenvalue weighted by Crippen LogP contribution is -2.70. The van der Waals surface area contributed by atoms with Gasteiger partial charge < -0.3 is 69.1 Å². The van der Waals surface area contributed by atoms with Gasteiger partial charge in [-0.05, 0) is 99.2 Å². The fourth-order valence-electron chi connectivity index (χ4n) is 10.2. The van der Waals surface area contributed by atoms with E-state index in [0.29, 0.717) is 19.4 Å². The van der Waals surface area contributed by atoms with E-state index in [4.69, 9.17) is 28.4 Å². The van der Waals surface area contributed by atoms with Crippen LogP contribution in [0.2, 0.25) is 0 Å². The van der Waals surface area contributed by atoms with E-state index in [9.17, 15) is 30.3 Å². The van der Waals surface area contributed by atoms with Crippen molar-refractivity contribution in [2.24, 2.45) is 23.2 Å². The van der Waals surface area contributed by atoms with Crippen LogP contribution in [-0.4, -0.2) is 179 Å². The number of methoxy groups -OCH3 is 1. The second kappa shape index (κ2) is 21.6. The average molecular weight is 848 g/mol. The summed E-state index contributed by atoms with van der Waals surface area (Å²) >= 11 is 0. The Morgan fingerprint density at radius 2 is 1.61 bits per heavy atom. The summed E-state index contributed by atoms with van der Waals surface area (Å²) < 4.78 is 39.1. The lowest BCUT2D eigenvalue weighted by molar-refractivity contribution is -0.334. The van der Waals surface area contributed by atoms with Crippen molar-refractivity contribution in [1.29, 1.82) is 0 Å². The minimum absolute atomic E-state index is 0.00248. The van der Waals surface area contributed by atoms with Gasteiger partial charge in [0.05, 0.1) is 43.0 Å². The van der Waals surface area contributed by atoms with E-state index in [1.165, 1.54) is 14.0 Å². The minimum Gasteiger partial charge on any atom is -0.459 e. The van der Waals surface area contributed by atoms with Crippen molar-refractivity contribution in [1.82, 2.24) is 15.1 Å². The molecule has 3 aliphatic heterocycles. The first-order chi connectivity index (χ1) is 27.3. The highest BCUT2D eigenvalue weighted by Crippen LogP contribution is 2.45. The fourth-order valence-corrected chi connectivity index (χ4v) is 10.2. The molecule has 17 atom stereocenters. The Hall–Kier alpha value is -1.05. The SMILES string of the molecule is CCCN1C[C@H](C)[C@@H](O)[C@](C)(O)[C@@H](CC)OC(=O)[C@H](C)[C@H](O[C@@H]2C[C@](C)(OC)[C@@](O)(CNCCO)[C@H](C)O2)[C@H](C)[C@@H](O[C@@H]2O[C@H](C)C[C@H](N(C)C)[C@H]2O)C(C)(C)C[C@H]1C. The molecule has 0 spiro atoms. The van der Waals surface area contributed by atoms with Crippen LogP contribution in [0.1, 0.15) is 115 Å². The molecule has 6 N–H and O–H groups in total. The third-order valence-electron chi connectivity index (χ3n) is 14.0. The first-order valence-electron chi connectivity index (χ1n) is 22.3. The molecule has 15 heteroatoms. The number of ether oxygens (including phenoxy) is 6. The molecule has 0 aromatic rings. The van der Waals surface area contributed by atoms with Crippen molar-refractivity contribution >= 4 is 5.97 Å². The number of cyclic esters (lactones) is 1. The van der Waals surface area contributed by atoms with Gasteiger partial charge in [-0.1, -0.05) is 41.5 Å². The summed E-state index contributed by atoms with van der Waals surface area (Å²) in [5.41, 5.74) is -5.06. The number of esters is 1. The number of carbonyl (C=O) groups excluding carboxylic acids is 1. The van der Waals surface area contributed by atoms with E-state index in [0.717, 1.165) is 13.0 Å². The van der Waals surface area contributed by atoms with Crippen LogP contribution in [0.5, 0.6) is 0 Å². The van der Waals surface area contributed by atoms with Crippen LogP contribution < -0.4 is 5.32 Å². The Kier molecular flexibility index (Phi) is 19.1. The summed E-state index contributed by atoms with van der Waals surface area (Å²) in [7, 11) is 5.39. The zero-order chi connectivity index (χ0) is 44.8. The predicted molar refractivity (Wildman–Crippen MR) is 225 cm³/mol. The Morgan fingerprint density at radius 3 is 2.17 bits per heavy atom. The number of nitrogens with one attached hydrogen (secondary N) is 1. The van der Waals surface area contributed by atoms with Gasteiger partial charge in [0.25, 0.3) is 0 Å². The molecule has 3 rings (SSSR count). The second-order valence-electron chi connectivity index (χ2n) is 19.6. The van der Waals surface area contributed by atoms with E-state index in [1.807, 2.05) is 46.7 Å². The lowest BCUT2D eigenvalue weighted by atomic mass is 9.72. The molecule has 0 bridgehead atoms. The maximum absolute atomic E-state index is 14.5. The Bertz CT molecular complexity index is 1290. The average Bonchev–Trinajstić information content (AvgIpc) is 3.16. The van der Waals surface area contributed by atoms with Crippen LogP contribution in [-0.2, 0) is 33.2 Å². The van der Waals surface area contributed by atoms with E-state index in [2.05, 4.69) is 37.9 Å². The molecule has 3 fully saturated rings. The fraction of sp³-hybridized carbons (Fsp3) is 0.977. The van der Waals surface area contributed by atoms with Gasteiger partial charge in [-0.2, -0.15) is 0 Å². The Balaban J connectivity index is 2.22. The largest absolute Gasteiger partial charge is 0.459 e. The van der Waals surface area contributed by atoms with Crippen LogP contribution >= 0.6 is 0 Å². The van der Waals surface area contributed by atoms with Crippen molar-refractivity contribution in [3.8, 4) is 0 Å². The van der Waals surface area contributed by atoms with Gasteiger partial charge in [0, 0.05) is 51.2 Å².